The Hall–Kier alpha value is -0.120. The van der Waals surface area contributed by atoms with Crippen LogP contribution < -0.4 is 5.32 Å². The van der Waals surface area contributed by atoms with Gasteiger partial charge in [-0.3, -0.25) is 0 Å². The van der Waals surface area contributed by atoms with Crippen LogP contribution in [0.1, 0.15) is 26.7 Å². The van der Waals surface area contributed by atoms with Gasteiger partial charge in [-0.2, -0.15) is 0 Å². The van der Waals surface area contributed by atoms with E-state index in [0.717, 1.165) is 19.4 Å². The smallest absolute Gasteiger partial charge is 0.0700 e. The Morgan fingerprint density at radius 3 is 2.83 bits per heavy atom. The Morgan fingerprint density at radius 1 is 1.67 bits per heavy atom. The van der Waals surface area contributed by atoms with Gasteiger partial charge < -0.3 is 15.2 Å². The van der Waals surface area contributed by atoms with Crippen molar-refractivity contribution in [1.82, 2.24) is 5.32 Å². The highest BCUT2D eigenvalue weighted by atomic mass is 16.5. The van der Waals surface area contributed by atoms with Crippen molar-refractivity contribution in [3.05, 3.63) is 0 Å². The molecular formula is C9H19NO2. The van der Waals surface area contributed by atoms with E-state index < -0.39 is 0 Å². The lowest BCUT2D eigenvalue weighted by atomic mass is 10.1. The van der Waals surface area contributed by atoms with Crippen molar-refractivity contribution < 1.29 is 9.84 Å². The van der Waals surface area contributed by atoms with Crippen LogP contribution in [0.15, 0.2) is 0 Å². The maximum atomic E-state index is 8.97. The fraction of sp³-hybridized carbons (Fsp3) is 1.00. The standard InChI is InChI=1S/C9H19NO2/c1-3-8(6-11)10-9-4-5-12-7(9)2/h7-11H,3-6H2,1-2H3/t7-,8-,9-/m1/s1. The van der Waals surface area contributed by atoms with Crippen LogP contribution in [0.25, 0.3) is 0 Å². The van der Waals surface area contributed by atoms with E-state index in [9.17, 15) is 0 Å². The topological polar surface area (TPSA) is 41.5 Å². The SMILES string of the molecule is CC[C@H](CO)N[C@@H]1CCO[C@@H]1C. The minimum atomic E-state index is 0.222. The molecule has 0 saturated carbocycles. The largest absolute Gasteiger partial charge is 0.395 e. The van der Waals surface area contributed by atoms with Crippen molar-refractivity contribution >= 4 is 0 Å². The van der Waals surface area contributed by atoms with Crippen LogP contribution in [0.5, 0.6) is 0 Å². The zero-order chi connectivity index (χ0) is 8.97. The molecule has 1 aliphatic heterocycles. The van der Waals surface area contributed by atoms with Crippen LogP contribution in [0.4, 0.5) is 0 Å². The maximum Gasteiger partial charge on any atom is 0.0700 e. The van der Waals surface area contributed by atoms with Crippen LogP contribution in [0, 0.1) is 0 Å². The summed E-state index contributed by atoms with van der Waals surface area (Å²) < 4.78 is 5.41. The van der Waals surface area contributed by atoms with E-state index in [1.165, 1.54) is 0 Å². The molecule has 0 aromatic rings. The Morgan fingerprint density at radius 2 is 2.42 bits per heavy atom. The molecule has 1 heterocycles. The van der Waals surface area contributed by atoms with Gasteiger partial charge in [0.2, 0.25) is 0 Å². The van der Waals surface area contributed by atoms with Gasteiger partial charge in [0.25, 0.3) is 0 Å². The first-order chi connectivity index (χ1) is 5.77. The second kappa shape index (κ2) is 4.80. The zero-order valence-corrected chi connectivity index (χ0v) is 7.92. The zero-order valence-electron chi connectivity index (χ0n) is 7.92. The molecule has 0 aromatic carbocycles. The molecule has 1 rings (SSSR count). The van der Waals surface area contributed by atoms with Crippen LogP contribution in [-0.4, -0.2) is 36.5 Å². The number of nitrogens with one attached hydrogen (secondary N) is 1. The molecule has 1 saturated heterocycles. The monoisotopic (exact) mass is 173 g/mol. The summed E-state index contributed by atoms with van der Waals surface area (Å²) in [6.07, 6.45) is 2.34. The maximum absolute atomic E-state index is 8.97. The number of rotatable bonds is 4. The second-order valence-electron chi connectivity index (χ2n) is 3.43. The fourth-order valence-electron chi connectivity index (χ4n) is 1.55. The molecule has 0 aromatic heterocycles. The molecule has 1 aliphatic rings. The van der Waals surface area contributed by atoms with Crippen LogP contribution in [0.2, 0.25) is 0 Å². The molecule has 0 radical (unpaired) electrons. The molecule has 0 spiro atoms. The van der Waals surface area contributed by atoms with Gasteiger partial charge >= 0.3 is 0 Å². The first-order valence-corrected chi connectivity index (χ1v) is 4.76. The highest BCUT2D eigenvalue weighted by Gasteiger charge is 2.25. The number of aliphatic hydroxyl groups excluding tert-OH is 1. The minimum Gasteiger partial charge on any atom is -0.395 e. The summed E-state index contributed by atoms with van der Waals surface area (Å²) >= 11 is 0. The Balaban J connectivity index is 2.28. The lowest BCUT2D eigenvalue weighted by Gasteiger charge is -2.21. The van der Waals surface area contributed by atoms with E-state index in [1.807, 2.05) is 0 Å². The summed E-state index contributed by atoms with van der Waals surface area (Å²) in [7, 11) is 0. The molecule has 0 aliphatic carbocycles. The third-order valence-electron chi connectivity index (χ3n) is 2.54. The summed E-state index contributed by atoms with van der Waals surface area (Å²) in [4.78, 5) is 0. The third-order valence-corrected chi connectivity index (χ3v) is 2.54. The molecular weight excluding hydrogens is 154 g/mol. The van der Waals surface area contributed by atoms with E-state index in [1.54, 1.807) is 0 Å². The normalized spacial score (nSPS) is 32.2. The lowest BCUT2D eigenvalue weighted by Crippen LogP contribution is -2.43. The second-order valence-corrected chi connectivity index (χ2v) is 3.43. The van der Waals surface area contributed by atoms with Gasteiger partial charge in [0, 0.05) is 18.7 Å². The fourth-order valence-corrected chi connectivity index (χ4v) is 1.55. The Labute approximate surface area is 74.1 Å². The summed E-state index contributed by atoms with van der Waals surface area (Å²) in [5.41, 5.74) is 0. The summed E-state index contributed by atoms with van der Waals surface area (Å²) in [5, 5.41) is 12.4. The summed E-state index contributed by atoms with van der Waals surface area (Å²) in [6.45, 7) is 5.23. The van der Waals surface area contributed by atoms with Crippen molar-refractivity contribution in [3.63, 3.8) is 0 Å². The predicted molar refractivity (Wildman–Crippen MR) is 48.1 cm³/mol. The minimum absolute atomic E-state index is 0.222. The van der Waals surface area contributed by atoms with Gasteiger partial charge in [0.05, 0.1) is 12.7 Å². The first kappa shape index (κ1) is 9.96. The van der Waals surface area contributed by atoms with E-state index in [4.69, 9.17) is 9.84 Å². The molecule has 3 heteroatoms. The summed E-state index contributed by atoms with van der Waals surface area (Å²) in [5.74, 6) is 0. The average molecular weight is 173 g/mol. The lowest BCUT2D eigenvalue weighted by molar-refractivity contribution is 0.107. The van der Waals surface area contributed by atoms with E-state index in [0.29, 0.717) is 12.1 Å². The van der Waals surface area contributed by atoms with Gasteiger partial charge in [-0.15, -0.1) is 0 Å². The number of hydrogen-bond donors (Lipinski definition) is 2. The predicted octanol–water partition coefficient (Wildman–Crippen LogP) is 0.524. The van der Waals surface area contributed by atoms with Crippen LogP contribution in [0.3, 0.4) is 0 Å². The molecule has 12 heavy (non-hydrogen) atoms. The Bertz CT molecular complexity index is 126. The molecule has 3 atom stereocenters. The van der Waals surface area contributed by atoms with E-state index in [-0.39, 0.29) is 12.6 Å². The van der Waals surface area contributed by atoms with Crippen molar-refractivity contribution in [1.29, 1.82) is 0 Å². The highest BCUT2D eigenvalue weighted by Crippen LogP contribution is 2.13. The summed E-state index contributed by atoms with van der Waals surface area (Å²) in [6, 6.07) is 0.668. The number of aliphatic hydroxyl groups is 1. The van der Waals surface area contributed by atoms with Crippen molar-refractivity contribution in [2.45, 2.75) is 44.9 Å². The molecule has 2 N–H and O–H groups in total. The highest BCUT2D eigenvalue weighted by molar-refractivity contribution is 4.82. The van der Waals surface area contributed by atoms with Gasteiger partial charge in [-0.1, -0.05) is 6.92 Å². The molecule has 0 bridgehead atoms. The number of hydrogen-bond acceptors (Lipinski definition) is 3. The van der Waals surface area contributed by atoms with Gasteiger partial charge in [0.15, 0.2) is 0 Å². The van der Waals surface area contributed by atoms with Gasteiger partial charge in [0.1, 0.15) is 0 Å². The average Bonchev–Trinajstić information content (AvgIpc) is 2.47. The van der Waals surface area contributed by atoms with Crippen molar-refractivity contribution in [3.8, 4) is 0 Å². The molecule has 0 unspecified atom stereocenters. The van der Waals surface area contributed by atoms with Crippen molar-refractivity contribution in [2.75, 3.05) is 13.2 Å². The van der Waals surface area contributed by atoms with Crippen molar-refractivity contribution in [2.24, 2.45) is 0 Å². The Kier molecular flexibility index (Phi) is 3.98. The molecule has 3 nitrogen and oxygen atoms in total. The molecule has 72 valence electrons. The first-order valence-electron chi connectivity index (χ1n) is 4.76. The quantitative estimate of drug-likeness (QED) is 0.651. The molecule has 1 fully saturated rings. The van der Waals surface area contributed by atoms with E-state index in [2.05, 4.69) is 19.2 Å². The van der Waals surface area contributed by atoms with Gasteiger partial charge in [-0.05, 0) is 19.8 Å². The third kappa shape index (κ3) is 2.44. The van der Waals surface area contributed by atoms with Crippen LogP contribution in [-0.2, 0) is 4.74 Å². The van der Waals surface area contributed by atoms with Gasteiger partial charge in [-0.25, -0.2) is 0 Å². The van der Waals surface area contributed by atoms with E-state index >= 15 is 0 Å². The molecule has 0 amide bonds. The number of ether oxygens (including phenoxy) is 1. The van der Waals surface area contributed by atoms with Crippen LogP contribution >= 0.6 is 0 Å².